The Bertz CT molecular complexity index is 945. The summed E-state index contributed by atoms with van der Waals surface area (Å²) in [5.41, 5.74) is 14.4. The smallest absolute Gasteiger partial charge is 0.259 e. The zero-order valence-electron chi connectivity index (χ0n) is 16.0. The molecule has 148 valence electrons. The summed E-state index contributed by atoms with van der Waals surface area (Å²) in [5.74, 6) is -0.745. The normalized spacial score (nSPS) is 14.4. The molecule has 1 aromatic carbocycles. The van der Waals surface area contributed by atoms with Gasteiger partial charge in [0, 0.05) is 29.0 Å². The summed E-state index contributed by atoms with van der Waals surface area (Å²) in [4.78, 5) is 19.5. The highest BCUT2D eigenvalue weighted by Gasteiger charge is 2.14. The number of hydrogen-bond acceptors (Lipinski definition) is 4. The van der Waals surface area contributed by atoms with Crippen LogP contribution in [0.3, 0.4) is 0 Å². The van der Waals surface area contributed by atoms with Gasteiger partial charge in [-0.05, 0) is 50.1 Å². The van der Waals surface area contributed by atoms with Crippen LogP contribution in [0.15, 0.2) is 36.5 Å². The van der Waals surface area contributed by atoms with E-state index in [9.17, 15) is 9.18 Å². The Hall–Kier alpha value is -2.93. The number of H-pyrrole nitrogens is 1. The number of aromatic nitrogens is 2. The van der Waals surface area contributed by atoms with Crippen molar-refractivity contribution in [2.75, 3.05) is 11.1 Å². The lowest BCUT2D eigenvalue weighted by molar-refractivity contribution is 0.102. The fourth-order valence-electron chi connectivity index (χ4n) is 3.27. The first kappa shape index (κ1) is 19.8. The topological polar surface area (TPSA) is 110 Å². The Morgan fingerprint density at radius 3 is 2.50 bits per heavy atom. The molecule has 28 heavy (non-hydrogen) atoms. The molecular weight excluding hydrogens is 357 g/mol. The van der Waals surface area contributed by atoms with Gasteiger partial charge < -0.3 is 21.8 Å². The number of nitrogens with one attached hydrogen (secondary N) is 2. The van der Waals surface area contributed by atoms with Crippen molar-refractivity contribution in [3.63, 3.8) is 0 Å². The monoisotopic (exact) mass is 383 g/mol. The molecule has 7 heteroatoms. The molecule has 0 atom stereocenters. The number of nitrogens with zero attached hydrogens (tertiary/aromatic N) is 1. The zero-order chi connectivity index (χ0) is 20.1. The van der Waals surface area contributed by atoms with Gasteiger partial charge in [0.2, 0.25) is 0 Å². The summed E-state index contributed by atoms with van der Waals surface area (Å²) in [6, 6.07) is 7.89. The molecule has 0 radical (unpaired) electrons. The van der Waals surface area contributed by atoms with E-state index in [2.05, 4.69) is 15.3 Å². The molecule has 0 bridgehead atoms. The van der Waals surface area contributed by atoms with E-state index in [1.54, 1.807) is 0 Å². The highest BCUT2D eigenvalue weighted by atomic mass is 19.1. The average Bonchev–Trinajstić information content (AvgIpc) is 3.06. The van der Waals surface area contributed by atoms with Crippen LogP contribution in [0.25, 0.3) is 11.0 Å². The Morgan fingerprint density at radius 2 is 1.89 bits per heavy atom. The Kier molecular flexibility index (Phi) is 6.26. The molecule has 2 aromatic heterocycles. The number of rotatable bonds is 2. The van der Waals surface area contributed by atoms with Gasteiger partial charge in [-0.2, -0.15) is 0 Å². The molecule has 0 spiro atoms. The first-order valence-corrected chi connectivity index (χ1v) is 9.50. The van der Waals surface area contributed by atoms with Crippen LogP contribution in [0.4, 0.5) is 15.8 Å². The number of anilines is 2. The number of aryl methyl sites for hydroxylation is 1. The maximum Gasteiger partial charge on any atom is 0.259 e. The third kappa shape index (κ3) is 4.86. The van der Waals surface area contributed by atoms with E-state index in [4.69, 9.17) is 11.5 Å². The molecule has 1 aliphatic carbocycles. The molecule has 2 heterocycles. The van der Waals surface area contributed by atoms with Gasteiger partial charge in [-0.3, -0.25) is 4.79 Å². The molecule has 0 aliphatic heterocycles. The first-order chi connectivity index (χ1) is 13.4. The standard InChI is InChI=1S/C15H13FN4O.C6H13N/c1-8-6-11-13(17)12(7-18-14(11)19-8)15(21)20-10-4-2-9(16)3-5-10;7-6-4-2-1-3-5-6/h2-7H,1H3,(H,20,21)(H3,17,18,19);6H,1-5,7H2. The number of aromatic amines is 1. The van der Waals surface area contributed by atoms with Crippen molar-refractivity contribution >= 4 is 28.3 Å². The second-order valence-corrected chi connectivity index (χ2v) is 7.16. The number of nitrogen functional groups attached to an aromatic ring is 1. The molecule has 1 saturated carbocycles. The first-order valence-electron chi connectivity index (χ1n) is 9.50. The molecular formula is C21H26FN5O. The van der Waals surface area contributed by atoms with Crippen molar-refractivity contribution in [2.45, 2.75) is 45.1 Å². The number of amides is 1. The van der Waals surface area contributed by atoms with Crippen molar-refractivity contribution in [2.24, 2.45) is 5.73 Å². The van der Waals surface area contributed by atoms with E-state index in [1.807, 2.05) is 13.0 Å². The fraction of sp³-hybridized carbons (Fsp3) is 0.333. The summed E-state index contributed by atoms with van der Waals surface area (Å²) in [6.07, 6.45) is 8.09. The maximum absolute atomic E-state index is 12.8. The quantitative estimate of drug-likeness (QED) is 0.533. The number of halogens is 1. The van der Waals surface area contributed by atoms with E-state index in [1.165, 1.54) is 62.6 Å². The molecule has 1 fully saturated rings. The SMILES string of the molecule is Cc1cc2c(N)c(C(=O)Nc3ccc(F)cc3)cnc2[nH]1.NC1CCCCC1. The molecule has 4 rings (SSSR count). The number of carbonyl (C=O) groups is 1. The molecule has 6 nitrogen and oxygen atoms in total. The highest BCUT2D eigenvalue weighted by Crippen LogP contribution is 2.24. The van der Waals surface area contributed by atoms with E-state index in [-0.39, 0.29) is 17.3 Å². The van der Waals surface area contributed by atoms with Gasteiger partial charge in [-0.15, -0.1) is 0 Å². The Labute approximate surface area is 163 Å². The van der Waals surface area contributed by atoms with Gasteiger partial charge in [0.1, 0.15) is 11.5 Å². The Morgan fingerprint density at radius 1 is 1.21 bits per heavy atom. The molecule has 0 unspecified atom stereocenters. The van der Waals surface area contributed by atoms with Crippen LogP contribution in [-0.2, 0) is 0 Å². The van der Waals surface area contributed by atoms with Gasteiger partial charge in [-0.1, -0.05) is 19.3 Å². The van der Waals surface area contributed by atoms with Crippen LogP contribution < -0.4 is 16.8 Å². The van der Waals surface area contributed by atoms with Crippen LogP contribution in [-0.4, -0.2) is 21.9 Å². The second kappa shape index (κ2) is 8.84. The summed E-state index contributed by atoms with van der Waals surface area (Å²) < 4.78 is 12.8. The van der Waals surface area contributed by atoms with Crippen LogP contribution in [0.5, 0.6) is 0 Å². The lowest BCUT2D eigenvalue weighted by Crippen LogP contribution is -2.22. The molecule has 1 amide bonds. The van der Waals surface area contributed by atoms with Crippen molar-refractivity contribution in [1.29, 1.82) is 0 Å². The van der Waals surface area contributed by atoms with Gasteiger partial charge in [0.25, 0.3) is 5.91 Å². The predicted molar refractivity (Wildman–Crippen MR) is 111 cm³/mol. The van der Waals surface area contributed by atoms with Crippen LogP contribution in [0, 0.1) is 12.7 Å². The van der Waals surface area contributed by atoms with Gasteiger partial charge in [0.15, 0.2) is 0 Å². The summed E-state index contributed by atoms with van der Waals surface area (Å²) >= 11 is 0. The van der Waals surface area contributed by atoms with Crippen molar-refractivity contribution in [3.05, 3.63) is 53.6 Å². The minimum atomic E-state index is -0.382. The molecule has 1 aliphatic rings. The zero-order valence-corrected chi connectivity index (χ0v) is 16.0. The number of pyridine rings is 1. The van der Waals surface area contributed by atoms with Gasteiger partial charge >= 0.3 is 0 Å². The number of fused-ring (bicyclic) bond motifs is 1. The lowest BCUT2D eigenvalue weighted by Gasteiger charge is -2.15. The van der Waals surface area contributed by atoms with Gasteiger partial charge in [-0.25, -0.2) is 9.37 Å². The largest absolute Gasteiger partial charge is 0.397 e. The number of carbonyl (C=O) groups excluding carboxylic acids is 1. The summed E-state index contributed by atoms with van der Waals surface area (Å²) in [7, 11) is 0. The molecule has 6 N–H and O–H groups in total. The second-order valence-electron chi connectivity index (χ2n) is 7.16. The van der Waals surface area contributed by atoms with Crippen molar-refractivity contribution in [3.8, 4) is 0 Å². The van der Waals surface area contributed by atoms with Crippen LogP contribution in [0.2, 0.25) is 0 Å². The summed E-state index contributed by atoms with van der Waals surface area (Å²) in [6.45, 7) is 1.89. The average molecular weight is 383 g/mol. The van der Waals surface area contributed by atoms with E-state index in [0.717, 1.165) is 5.69 Å². The fourth-order valence-corrected chi connectivity index (χ4v) is 3.27. The van der Waals surface area contributed by atoms with E-state index >= 15 is 0 Å². The summed E-state index contributed by atoms with van der Waals surface area (Å²) in [5, 5.41) is 3.37. The van der Waals surface area contributed by atoms with Gasteiger partial charge in [0.05, 0.1) is 11.3 Å². The number of nitrogens with two attached hydrogens (primary N) is 2. The molecule has 0 saturated heterocycles. The van der Waals surface area contributed by atoms with Crippen LogP contribution >= 0.6 is 0 Å². The third-order valence-corrected chi connectivity index (χ3v) is 4.83. The third-order valence-electron chi connectivity index (χ3n) is 4.83. The number of hydrogen-bond donors (Lipinski definition) is 4. The Balaban J connectivity index is 0.000000271. The van der Waals surface area contributed by atoms with E-state index < -0.39 is 0 Å². The predicted octanol–water partition coefficient (Wildman–Crippen LogP) is 4.12. The lowest BCUT2D eigenvalue weighted by atomic mass is 9.97. The van der Waals surface area contributed by atoms with Crippen molar-refractivity contribution in [1.82, 2.24) is 9.97 Å². The van der Waals surface area contributed by atoms with Crippen LogP contribution in [0.1, 0.15) is 48.2 Å². The highest BCUT2D eigenvalue weighted by molar-refractivity contribution is 6.11. The van der Waals surface area contributed by atoms with E-state index in [0.29, 0.717) is 28.5 Å². The number of benzene rings is 1. The molecule has 3 aromatic rings. The minimum Gasteiger partial charge on any atom is -0.397 e. The van der Waals surface area contributed by atoms with Crippen molar-refractivity contribution < 1.29 is 9.18 Å². The maximum atomic E-state index is 12.8. The minimum absolute atomic E-state index is 0.283.